The minimum atomic E-state index is -0.297. The first-order valence-electron chi connectivity index (χ1n) is 10.7. The van der Waals surface area contributed by atoms with Crippen molar-refractivity contribution in [1.29, 1.82) is 0 Å². The van der Waals surface area contributed by atoms with Crippen LogP contribution in [-0.4, -0.2) is 62.0 Å². The molecule has 31 heavy (non-hydrogen) atoms. The number of alkyl halides is 2. The molecule has 0 atom stereocenters. The third-order valence-corrected chi connectivity index (χ3v) is 5.52. The zero-order valence-electron chi connectivity index (χ0n) is 17.7. The van der Waals surface area contributed by atoms with E-state index in [1.165, 1.54) is 25.9 Å². The van der Waals surface area contributed by atoms with Gasteiger partial charge < -0.3 is 20.3 Å². The Hall–Kier alpha value is -2.15. The molecule has 168 valence electrons. The summed E-state index contributed by atoms with van der Waals surface area (Å²) in [5.41, 5.74) is 2.43. The van der Waals surface area contributed by atoms with E-state index >= 15 is 0 Å². The van der Waals surface area contributed by atoms with Crippen molar-refractivity contribution in [1.82, 2.24) is 4.90 Å². The van der Waals surface area contributed by atoms with Crippen LogP contribution in [0.15, 0.2) is 48.5 Å². The first kappa shape index (κ1) is 23.5. The van der Waals surface area contributed by atoms with Crippen LogP contribution in [0.4, 0.5) is 21.9 Å². The van der Waals surface area contributed by atoms with Gasteiger partial charge in [-0.15, -0.1) is 23.2 Å². The number of nitrogens with zero attached hydrogens (tertiary/aromatic N) is 2. The number of rotatable bonds is 11. The summed E-state index contributed by atoms with van der Waals surface area (Å²) in [5, 5.41) is 5.68. The molecule has 0 aromatic heterocycles. The van der Waals surface area contributed by atoms with Crippen LogP contribution in [-0.2, 0) is 0 Å². The summed E-state index contributed by atoms with van der Waals surface area (Å²) in [6.07, 6.45) is 2.57. The molecule has 2 aromatic rings. The zero-order chi connectivity index (χ0) is 21.9. The van der Waals surface area contributed by atoms with Gasteiger partial charge >= 0.3 is 6.03 Å². The molecule has 0 spiro atoms. The molecule has 8 heteroatoms. The predicted octanol–water partition coefficient (Wildman–Crippen LogP) is 5.09. The maximum absolute atomic E-state index is 12.3. The number of carbonyl (C=O) groups is 1. The van der Waals surface area contributed by atoms with E-state index < -0.39 is 0 Å². The Balaban J connectivity index is 1.44. The number of hydrogen-bond acceptors (Lipinski definition) is 4. The molecule has 1 aliphatic rings. The van der Waals surface area contributed by atoms with E-state index in [4.69, 9.17) is 27.9 Å². The molecule has 1 heterocycles. The smallest absolute Gasteiger partial charge is 0.323 e. The molecule has 0 aliphatic carbocycles. The van der Waals surface area contributed by atoms with Crippen LogP contribution >= 0.6 is 23.2 Å². The molecule has 2 N–H and O–H groups in total. The highest BCUT2D eigenvalue weighted by atomic mass is 35.5. The monoisotopic (exact) mass is 464 g/mol. The molecule has 1 fully saturated rings. The van der Waals surface area contributed by atoms with Crippen LogP contribution in [0.25, 0.3) is 0 Å². The number of amides is 2. The number of urea groups is 1. The number of carbonyl (C=O) groups excluding carboxylic acids is 1. The first-order valence-corrected chi connectivity index (χ1v) is 11.7. The molecule has 2 amide bonds. The minimum absolute atomic E-state index is 0.297. The Morgan fingerprint density at radius 1 is 0.903 bits per heavy atom. The van der Waals surface area contributed by atoms with Crippen LogP contribution in [0.1, 0.15) is 12.8 Å². The van der Waals surface area contributed by atoms with Gasteiger partial charge in [0.15, 0.2) is 0 Å². The second-order valence-electron chi connectivity index (χ2n) is 7.41. The highest BCUT2D eigenvalue weighted by Gasteiger charge is 2.11. The Kier molecular flexibility index (Phi) is 9.59. The van der Waals surface area contributed by atoms with Crippen molar-refractivity contribution < 1.29 is 9.53 Å². The second kappa shape index (κ2) is 12.6. The molecule has 2 aromatic carbocycles. The fourth-order valence-electron chi connectivity index (χ4n) is 3.56. The molecule has 0 unspecified atom stereocenters. The molecule has 3 rings (SSSR count). The summed E-state index contributed by atoms with van der Waals surface area (Å²) in [7, 11) is 0. The van der Waals surface area contributed by atoms with E-state index in [1.54, 1.807) is 0 Å². The van der Waals surface area contributed by atoms with E-state index in [1.807, 2.05) is 48.5 Å². The van der Waals surface area contributed by atoms with Crippen LogP contribution in [0.2, 0.25) is 0 Å². The fourth-order valence-corrected chi connectivity index (χ4v) is 3.96. The first-order chi connectivity index (χ1) is 15.2. The lowest BCUT2D eigenvalue weighted by atomic mass is 10.2. The van der Waals surface area contributed by atoms with Crippen molar-refractivity contribution in [2.45, 2.75) is 12.8 Å². The summed E-state index contributed by atoms with van der Waals surface area (Å²) < 4.78 is 5.80. The maximum Gasteiger partial charge on any atom is 0.323 e. The van der Waals surface area contributed by atoms with Gasteiger partial charge in [0, 0.05) is 48.5 Å². The van der Waals surface area contributed by atoms with E-state index in [0.717, 1.165) is 31.1 Å². The number of hydrogen-bond donors (Lipinski definition) is 2. The van der Waals surface area contributed by atoms with E-state index in [0.29, 0.717) is 29.7 Å². The van der Waals surface area contributed by atoms with Gasteiger partial charge in [0.1, 0.15) is 12.4 Å². The van der Waals surface area contributed by atoms with Gasteiger partial charge in [-0.25, -0.2) is 4.79 Å². The van der Waals surface area contributed by atoms with Crippen molar-refractivity contribution >= 4 is 46.3 Å². The molecular formula is C23H30Cl2N4O2. The lowest BCUT2D eigenvalue weighted by molar-refractivity contribution is 0.238. The number of nitrogens with one attached hydrogen (secondary N) is 2. The van der Waals surface area contributed by atoms with Gasteiger partial charge in [-0.3, -0.25) is 4.90 Å². The standard InChI is InChI=1S/C23H30Cl2N4O2/c24-11-15-29(16-12-25)21-7-3-19(4-8-21)26-23(30)27-20-5-9-22(10-6-20)31-18-17-28-13-1-2-14-28/h3-10H,1-2,11-18H2,(H2,26,27,30). The maximum atomic E-state index is 12.3. The number of likely N-dealkylation sites (tertiary alicyclic amines) is 1. The SMILES string of the molecule is O=C(Nc1ccc(OCCN2CCCC2)cc1)Nc1ccc(N(CCCl)CCCl)cc1. The predicted molar refractivity (Wildman–Crippen MR) is 130 cm³/mol. The highest BCUT2D eigenvalue weighted by molar-refractivity contribution is 6.18. The lowest BCUT2D eigenvalue weighted by Crippen LogP contribution is -2.27. The molecule has 6 nitrogen and oxygen atoms in total. The van der Waals surface area contributed by atoms with Crippen molar-refractivity contribution in [2.24, 2.45) is 0 Å². The van der Waals surface area contributed by atoms with Gasteiger partial charge in [0.05, 0.1) is 0 Å². The quantitative estimate of drug-likeness (QED) is 0.454. The van der Waals surface area contributed by atoms with E-state index in [-0.39, 0.29) is 6.03 Å². The summed E-state index contributed by atoms with van der Waals surface area (Å²) in [6, 6.07) is 14.7. The van der Waals surface area contributed by atoms with Gasteiger partial charge in [-0.2, -0.15) is 0 Å². The number of ether oxygens (including phenoxy) is 1. The summed E-state index contributed by atoms with van der Waals surface area (Å²) >= 11 is 11.7. The Bertz CT molecular complexity index is 790. The number of benzene rings is 2. The average molecular weight is 465 g/mol. The third kappa shape index (κ3) is 7.80. The number of anilines is 3. The summed E-state index contributed by atoms with van der Waals surface area (Å²) in [5.74, 6) is 1.86. The topological polar surface area (TPSA) is 56.8 Å². The van der Waals surface area contributed by atoms with Gasteiger partial charge in [-0.1, -0.05) is 0 Å². The van der Waals surface area contributed by atoms with Crippen LogP contribution in [0, 0.1) is 0 Å². The number of halogens is 2. The molecule has 0 bridgehead atoms. The summed E-state index contributed by atoms with van der Waals surface area (Å²) in [4.78, 5) is 16.8. The molecule has 0 saturated carbocycles. The Morgan fingerprint density at radius 2 is 1.45 bits per heavy atom. The van der Waals surface area contributed by atoms with Crippen LogP contribution < -0.4 is 20.3 Å². The van der Waals surface area contributed by atoms with Gasteiger partial charge in [0.25, 0.3) is 0 Å². The Labute approximate surface area is 194 Å². The lowest BCUT2D eigenvalue weighted by Gasteiger charge is -2.23. The van der Waals surface area contributed by atoms with Crippen molar-refractivity contribution in [3.8, 4) is 5.75 Å². The van der Waals surface area contributed by atoms with Gasteiger partial charge in [-0.05, 0) is 74.5 Å². The average Bonchev–Trinajstić information content (AvgIpc) is 3.29. The van der Waals surface area contributed by atoms with Crippen LogP contribution in [0.5, 0.6) is 5.75 Å². The van der Waals surface area contributed by atoms with E-state index in [2.05, 4.69) is 20.4 Å². The van der Waals surface area contributed by atoms with Crippen molar-refractivity contribution in [2.75, 3.05) is 66.6 Å². The highest BCUT2D eigenvalue weighted by Crippen LogP contribution is 2.19. The normalized spacial score (nSPS) is 13.7. The van der Waals surface area contributed by atoms with Crippen LogP contribution in [0.3, 0.4) is 0 Å². The fraction of sp³-hybridized carbons (Fsp3) is 0.435. The minimum Gasteiger partial charge on any atom is -0.492 e. The second-order valence-corrected chi connectivity index (χ2v) is 8.17. The molecule has 1 aliphatic heterocycles. The van der Waals surface area contributed by atoms with Crippen molar-refractivity contribution in [3.05, 3.63) is 48.5 Å². The third-order valence-electron chi connectivity index (χ3n) is 5.19. The van der Waals surface area contributed by atoms with E-state index in [9.17, 15) is 4.79 Å². The van der Waals surface area contributed by atoms with Gasteiger partial charge in [0.2, 0.25) is 0 Å². The largest absolute Gasteiger partial charge is 0.492 e. The molecular weight excluding hydrogens is 435 g/mol. The Morgan fingerprint density at radius 3 is 2.00 bits per heavy atom. The molecule has 1 saturated heterocycles. The molecule has 0 radical (unpaired) electrons. The zero-order valence-corrected chi connectivity index (χ0v) is 19.2. The summed E-state index contributed by atoms with van der Waals surface area (Å²) in [6.45, 7) is 5.42. The van der Waals surface area contributed by atoms with Crippen molar-refractivity contribution in [3.63, 3.8) is 0 Å².